The van der Waals surface area contributed by atoms with Gasteiger partial charge in [0.15, 0.2) is 0 Å². The van der Waals surface area contributed by atoms with Gasteiger partial charge in [0.05, 0.1) is 23.6 Å². The molecule has 1 aromatic rings. The SMILES string of the molecule is C=C/C(CC(=O)OC)=C1/C=C(c2c(Cl)cc(N(CCC)CCC)cc2Cl)C=CN1C. The number of carbonyl (C=O) groups is 1. The van der Waals surface area contributed by atoms with Gasteiger partial charge in [0.1, 0.15) is 0 Å². The number of anilines is 1. The molecule has 1 aliphatic rings. The molecule has 0 aromatic heterocycles. The molecule has 30 heavy (non-hydrogen) atoms. The summed E-state index contributed by atoms with van der Waals surface area (Å²) < 4.78 is 4.81. The monoisotopic (exact) mass is 448 g/mol. The second-order valence-electron chi connectivity index (χ2n) is 7.17. The van der Waals surface area contributed by atoms with E-state index in [0.717, 1.165) is 54.0 Å². The highest BCUT2D eigenvalue weighted by atomic mass is 35.5. The normalized spacial score (nSPS) is 15.0. The third kappa shape index (κ3) is 5.71. The van der Waals surface area contributed by atoms with Gasteiger partial charge in [-0.15, -0.1) is 0 Å². The number of likely N-dealkylation sites (N-methyl/N-ethyl adjacent to an activating group) is 1. The maximum Gasteiger partial charge on any atom is 0.310 e. The van der Waals surface area contributed by atoms with Crippen LogP contribution in [0.15, 0.2) is 54.4 Å². The summed E-state index contributed by atoms with van der Waals surface area (Å²) in [4.78, 5) is 16.0. The fraction of sp³-hybridized carbons (Fsp3) is 0.375. The van der Waals surface area contributed by atoms with E-state index < -0.39 is 0 Å². The van der Waals surface area contributed by atoms with Crippen LogP contribution >= 0.6 is 23.2 Å². The molecule has 0 bridgehead atoms. The predicted octanol–water partition coefficient (Wildman–Crippen LogP) is 6.47. The molecule has 0 radical (unpaired) electrons. The van der Waals surface area contributed by atoms with E-state index in [1.807, 2.05) is 42.4 Å². The van der Waals surface area contributed by atoms with E-state index in [1.54, 1.807) is 6.08 Å². The quantitative estimate of drug-likeness (QED) is 0.405. The molecule has 6 heteroatoms. The number of ether oxygens (including phenoxy) is 1. The number of benzene rings is 1. The molecule has 0 spiro atoms. The number of nitrogens with zero attached hydrogens (tertiary/aromatic N) is 2. The van der Waals surface area contributed by atoms with E-state index >= 15 is 0 Å². The molecule has 1 aliphatic heterocycles. The topological polar surface area (TPSA) is 32.8 Å². The molecule has 1 heterocycles. The molecule has 0 N–H and O–H groups in total. The minimum Gasteiger partial charge on any atom is -0.469 e. The lowest BCUT2D eigenvalue weighted by molar-refractivity contribution is -0.139. The van der Waals surface area contributed by atoms with Crippen molar-refractivity contribution in [2.45, 2.75) is 33.1 Å². The van der Waals surface area contributed by atoms with Crippen LogP contribution in [0, 0.1) is 0 Å². The first-order chi connectivity index (χ1) is 14.4. The van der Waals surface area contributed by atoms with Crippen LogP contribution in [-0.2, 0) is 9.53 Å². The highest BCUT2D eigenvalue weighted by Gasteiger charge is 2.19. The fourth-order valence-corrected chi connectivity index (χ4v) is 4.16. The molecule has 0 aliphatic carbocycles. The summed E-state index contributed by atoms with van der Waals surface area (Å²) in [5.74, 6) is -0.317. The molecule has 1 aromatic carbocycles. The predicted molar refractivity (Wildman–Crippen MR) is 128 cm³/mol. The van der Waals surface area contributed by atoms with Crippen LogP contribution in [0.3, 0.4) is 0 Å². The molecule has 4 nitrogen and oxygen atoms in total. The van der Waals surface area contributed by atoms with Crippen LogP contribution in [0.5, 0.6) is 0 Å². The van der Waals surface area contributed by atoms with Gasteiger partial charge in [-0.05, 0) is 48.3 Å². The summed E-state index contributed by atoms with van der Waals surface area (Å²) in [5.41, 5.74) is 4.31. The molecule has 162 valence electrons. The molecule has 0 saturated heterocycles. The minimum atomic E-state index is -0.317. The van der Waals surface area contributed by atoms with Crippen LogP contribution in [0.1, 0.15) is 38.7 Å². The van der Waals surface area contributed by atoms with Crippen molar-refractivity contribution < 1.29 is 9.53 Å². The lowest BCUT2D eigenvalue weighted by Gasteiger charge is -2.27. The number of methoxy groups -OCH3 is 1. The summed E-state index contributed by atoms with van der Waals surface area (Å²) in [6.07, 6.45) is 9.78. The van der Waals surface area contributed by atoms with Crippen molar-refractivity contribution in [3.8, 4) is 0 Å². The van der Waals surface area contributed by atoms with Crippen LogP contribution < -0.4 is 4.90 Å². The van der Waals surface area contributed by atoms with Gasteiger partial charge in [-0.2, -0.15) is 0 Å². The van der Waals surface area contributed by atoms with Gasteiger partial charge in [0.25, 0.3) is 0 Å². The zero-order valence-corrected chi connectivity index (χ0v) is 19.7. The molecule has 0 fully saturated rings. The van der Waals surface area contributed by atoms with E-state index in [4.69, 9.17) is 27.9 Å². The minimum absolute atomic E-state index is 0.140. The van der Waals surface area contributed by atoms with Crippen LogP contribution in [0.2, 0.25) is 10.0 Å². The van der Waals surface area contributed by atoms with Crippen molar-refractivity contribution in [3.63, 3.8) is 0 Å². The van der Waals surface area contributed by atoms with Crippen molar-refractivity contribution in [1.82, 2.24) is 4.90 Å². The first kappa shape index (κ1) is 24.1. The second-order valence-corrected chi connectivity index (χ2v) is 7.98. The van der Waals surface area contributed by atoms with Crippen molar-refractivity contribution in [1.29, 1.82) is 0 Å². The zero-order valence-electron chi connectivity index (χ0n) is 18.2. The maximum absolute atomic E-state index is 11.8. The Bertz CT molecular complexity index is 858. The Morgan fingerprint density at radius 2 is 1.80 bits per heavy atom. The highest BCUT2D eigenvalue weighted by molar-refractivity contribution is 6.38. The first-order valence-electron chi connectivity index (χ1n) is 10.2. The number of allylic oxidation sites excluding steroid dienone is 4. The molecule has 2 rings (SSSR count). The van der Waals surface area contributed by atoms with Gasteiger partial charge < -0.3 is 14.5 Å². The third-order valence-electron chi connectivity index (χ3n) is 4.96. The summed E-state index contributed by atoms with van der Waals surface area (Å²) in [6, 6.07) is 3.96. The number of hydrogen-bond acceptors (Lipinski definition) is 4. The van der Waals surface area contributed by atoms with Gasteiger partial charge in [-0.25, -0.2) is 0 Å². The van der Waals surface area contributed by atoms with E-state index in [-0.39, 0.29) is 12.4 Å². The van der Waals surface area contributed by atoms with Crippen LogP contribution in [-0.4, -0.2) is 38.1 Å². The van der Waals surface area contributed by atoms with Gasteiger partial charge in [0.2, 0.25) is 0 Å². The standard InChI is InChI=1S/C24H30Cl2N2O2/c1-6-10-28(11-7-2)19-15-20(25)24(21(26)16-19)18-9-12-27(4)22(13-18)17(8-3)14-23(29)30-5/h8-9,12-13,15-16H,3,6-7,10-11,14H2,1-2,4-5H3/b22-17+. The zero-order chi connectivity index (χ0) is 22.3. The van der Waals surface area contributed by atoms with Crippen molar-refractivity contribution in [2.24, 2.45) is 0 Å². The molecule has 0 unspecified atom stereocenters. The average Bonchev–Trinajstić information content (AvgIpc) is 2.72. The molecular formula is C24H30Cl2N2O2. The highest BCUT2D eigenvalue weighted by Crippen LogP contribution is 2.38. The summed E-state index contributed by atoms with van der Waals surface area (Å²) in [5, 5.41) is 1.20. The van der Waals surface area contributed by atoms with Gasteiger partial charge >= 0.3 is 5.97 Å². The fourth-order valence-electron chi connectivity index (χ4n) is 3.47. The van der Waals surface area contributed by atoms with E-state index in [1.165, 1.54) is 7.11 Å². The Labute approximate surface area is 190 Å². The maximum atomic E-state index is 11.8. The Kier molecular flexibility index (Phi) is 9.07. The van der Waals surface area contributed by atoms with Crippen LogP contribution in [0.4, 0.5) is 5.69 Å². The number of carbonyl (C=O) groups excluding carboxylic acids is 1. The smallest absolute Gasteiger partial charge is 0.310 e. The first-order valence-corrected chi connectivity index (χ1v) is 10.9. The lowest BCUT2D eigenvalue weighted by atomic mass is 9.98. The molecule has 0 saturated carbocycles. The van der Waals surface area contributed by atoms with Crippen LogP contribution in [0.25, 0.3) is 5.57 Å². The number of hydrogen-bond donors (Lipinski definition) is 0. The van der Waals surface area contributed by atoms with Crippen molar-refractivity contribution in [2.75, 3.05) is 32.1 Å². The van der Waals surface area contributed by atoms with Gasteiger partial charge in [0, 0.05) is 43.3 Å². The summed E-state index contributed by atoms with van der Waals surface area (Å²) in [6.45, 7) is 10.1. The van der Waals surface area contributed by atoms with E-state index in [2.05, 4.69) is 25.3 Å². The Morgan fingerprint density at radius 1 is 1.20 bits per heavy atom. The van der Waals surface area contributed by atoms with E-state index in [9.17, 15) is 4.79 Å². The molecule has 0 amide bonds. The Morgan fingerprint density at radius 3 is 2.30 bits per heavy atom. The number of halogens is 2. The van der Waals surface area contributed by atoms with Crippen molar-refractivity contribution in [3.05, 3.63) is 70.0 Å². The molecular weight excluding hydrogens is 419 g/mol. The Hall–Kier alpha value is -2.17. The Balaban J connectivity index is 2.50. The number of esters is 1. The molecule has 0 atom stereocenters. The van der Waals surface area contributed by atoms with Gasteiger partial charge in [-0.1, -0.05) is 49.7 Å². The van der Waals surface area contributed by atoms with E-state index in [0.29, 0.717) is 10.0 Å². The van der Waals surface area contributed by atoms with Gasteiger partial charge in [-0.3, -0.25) is 4.79 Å². The third-order valence-corrected chi connectivity index (χ3v) is 5.55. The summed E-state index contributed by atoms with van der Waals surface area (Å²) in [7, 11) is 3.29. The average molecular weight is 449 g/mol. The summed E-state index contributed by atoms with van der Waals surface area (Å²) >= 11 is 13.4. The second kappa shape index (κ2) is 11.3. The number of rotatable bonds is 9. The van der Waals surface area contributed by atoms with Crippen molar-refractivity contribution >= 4 is 40.4 Å². The largest absolute Gasteiger partial charge is 0.469 e. The lowest BCUT2D eigenvalue weighted by Crippen LogP contribution is -2.24.